The normalized spacial score (nSPS) is 43.0. The van der Waals surface area contributed by atoms with Crippen molar-refractivity contribution in [2.75, 3.05) is 13.9 Å². The van der Waals surface area contributed by atoms with Crippen LogP contribution in [-0.4, -0.2) is 31.4 Å². The number of carbonyl (C=O) groups is 1. The summed E-state index contributed by atoms with van der Waals surface area (Å²) in [6, 6.07) is 0. The number of rotatable bonds is 5. The predicted molar refractivity (Wildman–Crippen MR) is 62.7 cm³/mol. The highest BCUT2D eigenvalue weighted by Crippen LogP contribution is 2.63. The lowest BCUT2D eigenvalue weighted by Crippen LogP contribution is -2.71. The molecule has 4 aliphatic carbocycles. The third-order valence-corrected chi connectivity index (χ3v) is 5.51. The van der Waals surface area contributed by atoms with E-state index in [1.165, 1.54) is 7.11 Å². The van der Waals surface area contributed by atoms with Crippen LogP contribution in [0, 0.1) is 23.7 Å². The molecule has 0 spiro atoms. The lowest BCUT2D eigenvalue weighted by Gasteiger charge is -2.62. The van der Waals surface area contributed by atoms with E-state index >= 15 is 0 Å². The van der Waals surface area contributed by atoms with Crippen LogP contribution in [-0.2, 0) is 14.3 Å². The molecule has 20 heavy (non-hydrogen) atoms. The number of carboxylic acids is 1. The summed E-state index contributed by atoms with van der Waals surface area (Å²) in [6.45, 7) is -0.314. The monoisotopic (exact) mass is 289 g/mol. The van der Waals surface area contributed by atoms with Gasteiger partial charge in [-0.2, -0.15) is 8.78 Å². The van der Waals surface area contributed by atoms with Crippen LogP contribution in [0.3, 0.4) is 0 Å². The van der Waals surface area contributed by atoms with Crippen molar-refractivity contribution < 1.29 is 28.2 Å². The summed E-state index contributed by atoms with van der Waals surface area (Å²) in [7, 11) is 1.35. The fraction of sp³-hybridized carbons (Fsp3) is 0.929. The molecule has 0 radical (unpaired) electrons. The van der Waals surface area contributed by atoms with E-state index in [0.29, 0.717) is 37.5 Å². The number of hydrogen-bond donors (Lipinski definition) is 0. The minimum Gasteiger partial charge on any atom is -0.544 e. The van der Waals surface area contributed by atoms with Gasteiger partial charge in [0, 0.05) is 7.11 Å². The van der Waals surface area contributed by atoms with Gasteiger partial charge in [-0.25, -0.2) is 0 Å². The van der Waals surface area contributed by atoms with E-state index < -0.39 is 29.3 Å². The zero-order valence-corrected chi connectivity index (χ0v) is 11.4. The smallest absolute Gasteiger partial charge is 0.316 e. The number of carboxylic acid groups (broad SMARTS) is 1. The van der Waals surface area contributed by atoms with Crippen molar-refractivity contribution in [2.45, 2.75) is 43.6 Å². The van der Waals surface area contributed by atoms with E-state index in [1.54, 1.807) is 0 Å². The molecule has 0 aliphatic heterocycles. The summed E-state index contributed by atoms with van der Waals surface area (Å²) >= 11 is 0. The first-order valence-corrected chi connectivity index (χ1v) is 7.14. The Bertz CT molecular complexity index is 382. The van der Waals surface area contributed by atoms with Crippen LogP contribution in [0.5, 0.6) is 0 Å². The van der Waals surface area contributed by atoms with Crippen LogP contribution >= 0.6 is 0 Å². The third-order valence-electron chi connectivity index (χ3n) is 5.51. The number of carbonyl (C=O) groups excluding carboxylic acids is 1. The molecule has 4 rings (SSSR count). The Morgan fingerprint density at radius 2 is 1.70 bits per heavy atom. The van der Waals surface area contributed by atoms with Gasteiger partial charge in [0.25, 0.3) is 0 Å². The molecule has 114 valence electrons. The van der Waals surface area contributed by atoms with Crippen LogP contribution < -0.4 is 5.11 Å². The third kappa shape index (κ3) is 1.73. The van der Waals surface area contributed by atoms with Gasteiger partial charge in [-0.15, -0.1) is 0 Å². The zero-order valence-electron chi connectivity index (χ0n) is 11.4. The first-order chi connectivity index (χ1) is 9.41. The minimum atomic E-state index is -3.98. The highest BCUT2D eigenvalue weighted by atomic mass is 19.3. The number of hydrogen-bond acceptors (Lipinski definition) is 4. The van der Waals surface area contributed by atoms with Crippen molar-refractivity contribution in [3.05, 3.63) is 0 Å². The first kappa shape index (κ1) is 14.2. The summed E-state index contributed by atoms with van der Waals surface area (Å²) < 4.78 is 39.0. The van der Waals surface area contributed by atoms with Crippen LogP contribution in [0.15, 0.2) is 0 Å². The summed E-state index contributed by atoms with van der Waals surface area (Å²) in [5, 5.41) is 11.0. The number of ether oxygens (including phenoxy) is 2. The molecule has 4 saturated carbocycles. The Morgan fingerprint density at radius 3 is 2.10 bits per heavy atom. The second-order valence-corrected chi connectivity index (χ2v) is 6.51. The maximum atomic E-state index is 14.4. The molecular weight excluding hydrogens is 270 g/mol. The van der Waals surface area contributed by atoms with Gasteiger partial charge in [0.05, 0.1) is 0 Å². The lowest BCUT2D eigenvalue weighted by molar-refractivity contribution is -0.372. The van der Waals surface area contributed by atoms with Crippen molar-refractivity contribution in [1.82, 2.24) is 0 Å². The van der Waals surface area contributed by atoms with E-state index in [2.05, 4.69) is 0 Å². The molecule has 0 aromatic heterocycles. The molecule has 0 aromatic carbocycles. The Morgan fingerprint density at radius 1 is 1.20 bits per heavy atom. The molecule has 0 heterocycles. The van der Waals surface area contributed by atoms with E-state index in [0.717, 1.165) is 6.42 Å². The van der Waals surface area contributed by atoms with Crippen molar-refractivity contribution in [3.63, 3.8) is 0 Å². The van der Waals surface area contributed by atoms with Crippen LogP contribution in [0.2, 0.25) is 0 Å². The Hall–Kier alpha value is -0.750. The van der Waals surface area contributed by atoms with Crippen LogP contribution in [0.1, 0.15) is 32.1 Å². The van der Waals surface area contributed by atoms with Crippen molar-refractivity contribution in [1.29, 1.82) is 0 Å². The van der Waals surface area contributed by atoms with Crippen molar-refractivity contribution in [2.24, 2.45) is 23.7 Å². The highest BCUT2D eigenvalue weighted by molar-refractivity contribution is 5.75. The molecule has 4 nitrogen and oxygen atoms in total. The number of halogens is 2. The van der Waals surface area contributed by atoms with Crippen molar-refractivity contribution in [3.8, 4) is 0 Å². The second-order valence-electron chi connectivity index (χ2n) is 6.51. The Kier molecular flexibility index (Phi) is 3.29. The molecule has 6 heteroatoms. The average Bonchev–Trinajstić information content (AvgIpc) is 2.37. The quantitative estimate of drug-likeness (QED) is 0.713. The summed E-state index contributed by atoms with van der Waals surface area (Å²) in [5.74, 6) is -6.26. The molecule has 0 aromatic rings. The van der Waals surface area contributed by atoms with E-state index in [-0.39, 0.29) is 6.79 Å². The molecule has 0 N–H and O–H groups in total. The van der Waals surface area contributed by atoms with Gasteiger partial charge < -0.3 is 19.4 Å². The van der Waals surface area contributed by atoms with Gasteiger partial charge in [0.15, 0.2) is 0 Å². The van der Waals surface area contributed by atoms with E-state index in [4.69, 9.17) is 9.47 Å². The maximum Gasteiger partial charge on any atom is 0.316 e. The second kappa shape index (κ2) is 4.63. The summed E-state index contributed by atoms with van der Waals surface area (Å²) in [5.41, 5.74) is -1.95. The summed E-state index contributed by atoms with van der Waals surface area (Å²) in [6.07, 6.45) is 3.59. The van der Waals surface area contributed by atoms with E-state index in [9.17, 15) is 18.7 Å². The largest absolute Gasteiger partial charge is 0.544 e. The predicted octanol–water partition coefficient (Wildman–Crippen LogP) is 1.19. The number of alkyl halides is 2. The van der Waals surface area contributed by atoms with Crippen molar-refractivity contribution >= 4 is 5.97 Å². The molecule has 4 fully saturated rings. The fourth-order valence-electron chi connectivity index (χ4n) is 5.04. The topological polar surface area (TPSA) is 58.6 Å². The fourth-order valence-corrected chi connectivity index (χ4v) is 5.04. The van der Waals surface area contributed by atoms with Gasteiger partial charge in [-0.05, 0) is 55.8 Å². The van der Waals surface area contributed by atoms with Gasteiger partial charge in [0.2, 0.25) is 0 Å². The molecule has 4 aliphatic rings. The Labute approximate surface area is 116 Å². The molecule has 0 atom stereocenters. The molecule has 0 unspecified atom stereocenters. The maximum absolute atomic E-state index is 14.4. The first-order valence-electron chi connectivity index (χ1n) is 7.14. The van der Waals surface area contributed by atoms with Gasteiger partial charge in [-0.3, -0.25) is 0 Å². The molecule has 0 amide bonds. The number of methoxy groups -OCH3 is 1. The Balaban J connectivity index is 2.00. The lowest BCUT2D eigenvalue weighted by atomic mass is 9.48. The highest BCUT2D eigenvalue weighted by Gasteiger charge is 2.69. The number of aliphatic carboxylic acids is 1. The van der Waals surface area contributed by atoms with E-state index in [1.807, 2.05) is 0 Å². The zero-order chi connectivity index (χ0) is 14.5. The average molecular weight is 289 g/mol. The van der Waals surface area contributed by atoms with Crippen LogP contribution in [0.25, 0.3) is 0 Å². The minimum absolute atomic E-state index is 0.314. The molecular formula is C14H19F2O4-. The standard InChI is InChI=1S/C14H20F2O4/c1-19-7-20-13(14(15,16)12(17)18)10-3-8-2-9(5-10)6-11(13)4-8/h8-11H,2-7H2,1H3,(H,17,18)/p-1. The SMILES string of the molecule is COCOC1(C(F)(F)C(=O)[O-])C2CC3CC(C2)CC1C3. The van der Waals surface area contributed by atoms with Gasteiger partial charge in [0.1, 0.15) is 18.4 Å². The van der Waals surface area contributed by atoms with Crippen LogP contribution in [0.4, 0.5) is 8.78 Å². The molecule has 4 bridgehead atoms. The molecule has 0 saturated heterocycles. The van der Waals surface area contributed by atoms with Gasteiger partial charge >= 0.3 is 5.92 Å². The summed E-state index contributed by atoms with van der Waals surface area (Å²) in [4.78, 5) is 11.0. The van der Waals surface area contributed by atoms with Gasteiger partial charge in [-0.1, -0.05) is 0 Å².